The average Bonchev–Trinajstić information content (AvgIpc) is 2.39. The van der Waals surface area contributed by atoms with Crippen LogP contribution in [0.1, 0.15) is 35.1 Å². The first-order valence-electron chi connectivity index (χ1n) is 7.08. The van der Waals surface area contributed by atoms with Crippen molar-refractivity contribution in [2.75, 3.05) is 13.1 Å². The molecular weight excluding hydrogens is 236 g/mol. The minimum atomic E-state index is 0.151. The molecule has 1 amide bonds. The Bertz CT molecular complexity index is 482. The third kappa shape index (κ3) is 3.16. The van der Waals surface area contributed by atoms with Crippen LogP contribution in [0.5, 0.6) is 0 Å². The van der Waals surface area contributed by atoms with E-state index in [0.717, 1.165) is 24.9 Å². The molecule has 0 saturated carbocycles. The van der Waals surface area contributed by atoms with E-state index in [0.29, 0.717) is 13.0 Å². The van der Waals surface area contributed by atoms with Gasteiger partial charge >= 0.3 is 0 Å². The summed E-state index contributed by atoms with van der Waals surface area (Å²) in [5.41, 5.74) is 10.9. The number of likely N-dealkylation sites (tertiary alicyclic amines) is 1. The molecule has 1 aliphatic rings. The monoisotopic (exact) mass is 260 g/mol. The van der Waals surface area contributed by atoms with Gasteiger partial charge in [0.15, 0.2) is 0 Å². The second kappa shape index (κ2) is 5.74. The van der Waals surface area contributed by atoms with E-state index in [9.17, 15) is 4.79 Å². The first-order chi connectivity index (χ1) is 8.99. The molecule has 2 rings (SSSR count). The van der Waals surface area contributed by atoms with Gasteiger partial charge in [0.1, 0.15) is 0 Å². The van der Waals surface area contributed by atoms with Gasteiger partial charge in [-0.05, 0) is 55.9 Å². The quantitative estimate of drug-likeness (QED) is 0.885. The summed E-state index contributed by atoms with van der Waals surface area (Å²) in [6.45, 7) is 7.90. The number of benzene rings is 1. The molecule has 1 heterocycles. The SMILES string of the molecule is Cc1ccc(CC(=O)N2CCCC(N)C2)c(C)c1C. The fraction of sp³-hybridized carbons (Fsp3) is 0.562. The van der Waals surface area contributed by atoms with Gasteiger partial charge in [-0.3, -0.25) is 4.79 Å². The van der Waals surface area contributed by atoms with Crippen LogP contribution in [-0.2, 0) is 11.2 Å². The fourth-order valence-electron chi connectivity index (χ4n) is 2.71. The Labute approximate surface area is 115 Å². The number of carbonyl (C=O) groups excluding carboxylic acids is 1. The predicted octanol–water partition coefficient (Wildman–Crippen LogP) is 2.10. The van der Waals surface area contributed by atoms with Crippen LogP contribution in [0.2, 0.25) is 0 Å². The molecule has 19 heavy (non-hydrogen) atoms. The number of piperidine rings is 1. The third-order valence-electron chi connectivity index (χ3n) is 4.32. The highest BCUT2D eigenvalue weighted by Crippen LogP contribution is 2.19. The highest BCUT2D eigenvalue weighted by Gasteiger charge is 2.21. The second-order valence-corrected chi connectivity index (χ2v) is 5.71. The topological polar surface area (TPSA) is 46.3 Å². The van der Waals surface area contributed by atoms with Crippen LogP contribution in [0, 0.1) is 20.8 Å². The molecule has 3 nitrogen and oxygen atoms in total. The minimum absolute atomic E-state index is 0.151. The molecule has 1 atom stereocenters. The molecule has 1 saturated heterocycles. The van der Waals surface area contributed by atoms with Gasteiger partial charge < -0.3 is 10.6 Å². The summed E-state index contributed by atoms with van der Waals surface area (Å²) >= 11 is 0. The number of carbonyl (C=O) groups is 1. The number of rotatable bonds is 2. The summed E-state index contributed by atoms with van der Waals surface area (Å²) in [5.74, 6) is 0.210. The number of hydrogen-bond donors (Lipinski definition) is 1. The van der Waals surface area contributed by atoms with Crippen molar-refractivity contribution in [3.05, 3.63) is 34.4 Å². The number of amides is 1. The van der Waals surface area contributed by atoms with Gasteiger partial charge in [0, 0.05) is 19.1 Å². The first kappa shape index (κ1) is 14.1. The van der Waals surface area contributed by atoms with Crippen LogP contribution in [0.3, 0.4) is 0 Å². The number of nitrogens with two attached hydrogens (primary N) is 1. The van der Waals surface area contributed by atoms with Gasteiger partial charge in [-0.2, -0.15) is 0 Å². The smallest absolute Gasteiger partial charge is 0.227 e. The van der Waals surface area contributed by atoms with E-state index in [2.05, 4.69) is 32.9 Å². The Morgan fingerprint density at radius 2 is 2.05 bits per heavy atom. The van der Waals surface area contributed by atoms with Crippen molar-refractivity contribution < 1.29 is 4.79 Å². The molecule has 1 aromatic carbocycles. The van der Waals surface area contributed by atoms with Crippen LogP contribution < -0.4 is 5.73 Å². The highest BCUT2D eigenvalue weighted by molar-refractivity contribution is 5.79. The molecule has 1 aliphatic heterocycles. The molecule has 2 N–H and O–H groups in total. The molecule has 3 heteroatoms. The Hall–Kier alpha value is -1.35. The molecule has 104 valence electrons. The van der Waals surface area contributed by atoms with Crippen molar-refractivity contribution in [1.82, 2.24) is 4.90 Å². The normalized spacial score (nSPS) is 19.6. The van der Waals surface area contributed by atoms with Crippen LogP contribution in [-0.4, -0.2) is 29.9 Å². The maximum atomic E-state index is 12.3. The molecule has 0 aliphatic carbocycles. The lowest BCUT2D eigenvalue weighted by Crippen LogP contribution is -2.46. The zero-order valence-electron chi connectivity index (χ0n) is 12.2. The van der Waals surface area contributed by atoms with Gasteiger partial charge in [0.05, 0.1) is 6.42 Å². The summed E-state index contributed by atoms with van der Waals surface area (Å²) in [5, 5.41) is 0. The molecule has 0 radical (unpaired) electrons. The van der Waals surface area contributed by atoms with E-state index in [1.54, 1.807) is 0 Å². The zero-order valence-corrected chi connectivity index (χ0v) is 12.2. The van der Waals surface area contributed by atoms with Crippen molar-refractivity contribution >= 4 is 5.91 Å². The molecule has 1 unspecified atom stereocenters. The van der Waals surface area contributed by atoms with Gasteiger partial charge in [0.25, 0.3) is 0 Å². The molecule has 0 spiro atoms. The van der Waals surface area contributed by atoms with Gasteiger partial charge in [-0.1, -0.05) is 12.1 Å². The Morgan fingerprint density at radius 3 is 2.74 bits per heavy atom. The standard InChI is InChI=1S/C16H24N2O/c1-11-6-7-14(13(3)12(11)2)9-16(19)18-8-4-5-15(17)10-18/h6-7,15H,4-5,8-10,17H2,1-3H3. The van der Waals surface area contributed by atoms with Gasteiger partial charge in [-0.15, -0.1) is 0 Å². The lowest BCUT2D eigenvalue weighted by Gasteiger charge is -2.31. The third-order valence-corrected chi connectivity index (χ3v) is 4.32. The molecule has 0 aromatic heterocycles. The van der Waals surface area contributed by atoms with E-state index < -0.39 is 0 Å². The van der Waals surface area contributed by atoms with E-state index in [1.165, 1.54) is 16.7 Å². The van der Waals surface area contributed by atoms with Crippen molar-refractivity contribution in [1.29, 1.82) is 0 Å². The Morgan fingerprint density at radius 1 is 1.32 bits per heavy atom. The molecule has 1 aromatic rings. The Balaban J connectivity index is 2.08. The number of hydrogen-bond acceptors (Lipinski definition) is 2. The maximum absolute atomic E-state index is 12.3. The predicted molar refractivity (Wildman–Crippen MR) is 78.1 cm³/mol. The summed E-state index contributed by atoms with van der Waals surface area (Å²) in [4.78, 5) is 14.3. The van der Waals surface area contributed by atoms with Crippen LogP contribution in [0.25, 0.3) is 0 Å². The molecule has 1 fully saturated rings. The number of aryl methyl sites for hydroxylation is 1. The van der Waals surface area contributed by atoms with E-state index in [4.69, 9.17) is 5.73 Å². The average molecular weight is 260 g/mol. The molecular formula is C16H24N2O. The lowest BCUT2D eigenvalue weighted by molar-refractivity contribution is -0.131. The fourth-order valence-corrected chi connectivity index (χ4v) is 2.71. The summed E-state index contributed by atoms with van der Waals surface area (Å²) < 4.78 is 0. The van der Waals surface area contributed by atoms with E-state index in [-0.39, 0.29) is 11.9 Å². The Kier molecular flexibility index (Phi) is 4.25. The van der Waals surface area contributed by atoms with Crippen LogP contribution in [0.4, 0.5) is 0 Å². The second-order valence-electron chi connectivity index (χ2n) is 5.71. The lowest BCUT2D eigenvalue weighted by atomic mass is 9.96. The van der Waals surface area contributed by atoms with Crippen LogP contribution in [0.15, 0.2) is 12.1 Å². The van der Waals surface area contributed by atoms with E-state index in [1.807, 2.05) is 4.90 Å². The molecule has 0 bridgehead atoms. The van der Waals surface area contributed by atoms with Crippen LogP contribution >= 0.6 is 0 Å². The zero-order chi connectivity index (χ0) is 14.0. The summed E-state index contributed by atoms with van der Waals surface area (Å²) in [6, 6.07) is 4.34. The van der Waals surface area contributed by atoms with Crippen molar-refractivity contribution in [3.63, 3.8) is 0 Å². The van der Waals surface area contributed by atoms with E-state index >= 15 is 0 Å². The summed E-state index contributed by atoms with van der Waals surface area (Å²) in [7, 11) is 0. The first-order valence-corrected chi connectivity index (χ1v) is 7.08. The largest absolute Gasteiger partial charge is 0.341 e. The van der Waals surface area contributed by atoms with Crippen molar-refractivity contribution in [3.8, 4) is 0 Å². The van der Waals surface area contributed by atoms with Crippen molar-refractivity contribution in [2.45, 2.75) is 46.1 Å². The van der Waals surface area contributed by atoms with Gasteiger partial charge in [0.2, 0.25) is 5.91 Å². The number of nitrogens with zero attached hydrogens (tertiary/aromatic N) is 1. The summed E-state index contributed by atoms with van der Waals surface area (Å²) in [6.07, 6.45) is 2.56. The highest BCUT2D eigenvalue weighted by atomic mass is 16.2. The minimum Gasteiger partial charge on any atom is -0.341 e. The maximum Gasteiger partial charge on any atom is 0.227 e. The van der Waals surface area contributed by atoms with Crippen molar-refractivity contribution in [2.24, 2.45) is 5.73 Å². The van der Waals surface area contributed by atoms with Gasteiger partial charge in [-0.25, -0.2) is 0 Å².